The van der Waals surface area contributed by atoms with E-state index in [1.807, 2.05) is 43.5 Å². The molecule has 668 valence electrons. The molecule has 0 aliphatic carbocycles. The summed E-state index contributed by atoms with van der Waals surface area (Å²) in [5, 5.41) is 161. The lowest BCUT2D eigenvalue weighted by molar-refractivity contribution is -0.350. The van der Waals surface area contributed by atoms with Crippen molar-refractivity contribution in [1.82, 2.24) is 42.5 Å². The fourth-order valence-electron chi connectivity index (χ4n) is 15.4. The van der Waals surface area contributed by atoms with Crippen LogP contribution >= 0.6 is 45.9 Å². The van der Waals surface area contributed by atoms with E-state index in [9.17, 15) is 75.7 Å². The number of thiophene rings is 2. The number of hydrogen-bond donors (Lipinski definition) is 22. The van der Waals surface area contributed by atoms with E-state index in [1.54, 1.807) is 11.3 Å². The van der Waals surface area contributed by atoms with E-state index in [2.05, 4.69) is 42.5 Å². The second-order valence-electron chi connectivity index (χ2n) is 31.2. The van der Waals surface area contributed by atoms with Crippen LogP contribution in [-0.4, -0.2) is 238 Å². The Labute approximate surface area is 725 Å². The zero-order chi connectivity index (χ0) is 88.6. The molecule has 7 amide bonds. The highest BCUT2D eigenvalue weighted by atomic mass is 35.5. The maximum absolute atomic E-state index is 16.4. The number of aliphatic hydroxyl groups excluding tert-OH is 8. The first kappa shape index (κ1) is 93.2. The molecule has 7 aromatic rings. The van der Waals surface area contributed by atoms with Crippen molar-refractivity contribution in [2.45, 2.75) is 201 Å². The maximum Gasteiger partial charge on any atom is 0.330 e. The van der Waals surface area contributed by atoms with Crippen LogP contribution in [0.3, 0.4) is 0 Å². The lowest BCUT2D eigenvalue weighted by atomic mass is 9.86. The number of amides is 7. The number of nitrogens with one attached hydrogen (secondary N) is 8. The maximum atomic E-state index is 16.4. The third kappa shape index (κ3) is 20.1. The Hall–Kier alpha value is -10.00. The van der Waals surface area contributed by atoms with Gasteiger partial charge in [0.15, 0.2) is 30.1 Å². The number of carboxylic acids is 1. The number of phenols is 3. The van der Waals surface area contributed by atoms with Gasteiger partial charge in [-0.1, -0.05) is 68.7 Å². The lowest BCUT2D eigenvalue weighted by Crippen LogP contribution is -2.65. The van der Waals surface area contributed by atoms with Crippen LogP contribution in [0.1, 0.15) is 117 Å². The van der Waals surface area contributed by atoms with Crippen molar-refractivity contribution in [3.63, 3.8) is 0 Å². The Morgan fingerprint density at radius 3 is 1.96 bits per heavy atom. The van der Waals surface area contributed by atoms with Crippen LogP contribution in [0.4, 0.5) is 0 Å². The molecule has 11 bridgehead atoms. The number of nitrogens with two attached hydrogens (primary N) is 2. The second kappa shape index (κ2) is 38.9. The van der Waals surface area contributed by atoms with E-state index in [0.717, 1.165) is 81.4 Å². The van der Waals surface area contributed by atoms with Crippen LogP contribution in [0, 0.1) is 5.92 Å². The van der Waals surface area contributed by atoms with Crippen LogP contribution in [0.15, 0.2) is 109 Å². The van der Waals surface area contributed by atoms with Crippen LogP contribution in [-0.2, 0) is 68.6 Å². The van der Waals surface area contributed by atoms with Gasteiger partial charge in [0.1, 0.15) is 120 Å². The van der Waals surface area contributed by atoms with E-state index in [4.69, 9.17) is 72.6 Å². The number of carbonyl (C=O) groups is 8. The number of phenolic OH excluding ortho intramolecular Hbond substituents is 3. The van der Waals surface area contributed by atoms with Crippen LogP contribution < -0.4 is 68.2 Å². The quantitative estimate of drug-likeness (QED) is 0.0520. The Morgan fingerprint density at radius 2 is 1.32 bits per heavy atom. The molecular formula is C82H96Cl2N10O28S2. The molecule has 3 saturated heterocycles. The number of halogens is 2. The number of fused-ring (bicyclic) bond motifs is 15. The summed E-state index contributed by atoms with van der Waals surface area (Å²) in [6.07, 6.45) is -28.9. The highest BCUT2D eigenvalue weighted by molar-refractivity contribution is 7.21. The number of hydrogen-bond acceptors (Lipinski definition) is 32. The highest BCUT2D eigenvalue weighted by Gasteiger charge is 2.53. The molecule has 10 heterocycles. The van der Waals surface area contributed by atoms with Gasteiger partial charge in [0.05, 0.1) is 41.3 Å². The van der Waals surface area contributed by atoms with Crippen molar-refractivity contribution in [3.05, 3.63) is 151 Å². The molecule has 2 aromatic heterocycles. The van der Waals surface area contributed by atoms with Gasteiger partial charge in [-0.15, -0.1) is 22.7 Å². The SMILES string of the molecule is C.CN[C@H](CC(C)C)C(=O)N[C@H]1C(=O)N[C@@H](CC(N)=O)C(=O)N[C@H]2C(=O)N[C@H]3C(=O)N[C@H](C(=O)N[C@@H](C(=O)O)c4cc(O)cc(O)c4-c4cc3ccc4O)[C@H](OC3C[C@](C)(N)[C@@H](O)[C@H](C)O3)c3ccc(c(Cl)c3)Oc3cc2cc(c3O[C@@H]2O[C@H](CO)[C@@H](O[C@@H]3O[C@H](CNCc4ccc(-c5cccs5)s4)[C@H](O)[C@H](O)[C@H]3O)[C@H](O)[C@H]2O)Oc2ccc(cc2Cl)[C@H]1O. The number of primary amides is 1. The van der Waals surface area contributed by atoms with Gasteiger partial charge in [-0.3, -0.25) is 33.6 Å². The average molecular weight is 1800 g/mol. The van der Waals surface area contributed by atoms with Gasteiger partial charge in [-0.2, -0.15) is 0 Å². The van der Waals surface area contributed by atoms with Crippen molar-refractivity contribution >= 4 is 93.2 Å². The average Bonchev–Trinajstić information content (AvgIpc) is 0.875. The first-order valence-electron chi connectivity index (χ1n) is 38.8. The van der Waals surface area contributed by atoms with Crippen molar-refractivity contribution < 1.29 is 138 Å². The molecule has 0 spiro atoms. The summed E-state index contributed by atoms with van der Waals surface area (Å²) in [5.74, 6) is -16.6. The summed E-state index contributed by atoms with van der Waals surface area (Å²) in [6, 6.07) is 6.82. The normalized spacial score (nSPS) is 29.8. The minimum atomic E-state index is -2.42. The van der Waals surface area contributed by atoms with E-state index < -0.39 is 279 Å². The molecular weight excluding hydrogens is 1710 g/mol. The summed E-state index contributed by atoms with van der Waals surface area (Å²) in [6.45, 7) is 5.58. The molecule has 8 aliphatic rings. The number of carbonyl (C=O) groups excluding carboxylic acids is 7. The molecule has 42 heteroatoms. The molecule has 8 aliphatic heterocycles. The number of aromatic hydroxyl groups is 3. The number of carboxylic acid groups (broad SMARTS) is 1. The summed E-state index contributed by atoms with van der Waals surface area (Å²) in [5.41, 5.74) is 8.02. The molecule has 0 saturated carbocycles. The number of aliphatic hydroxyl groups is 8. The molecule has 23 atom stereocenters. The standard InChI is InChI=1S/C81H92Cl2N10O28S2.CH4/c1-30(2)17-42(86-5)72(106)92-60-62(99)33-9-13-46(40(82)19-33)115-48-21-35-22-49(69(48)120-80-67(104)65(102)70(51(29-94)118-80)121-79-66(103)64(101)63(100)50(117-79)28-87-27-37-11-15-53(123-37)52-7-6-16-122-52)116-47-14-10-34(20-41(47)83)68(119-55-26-81(4,85)71(105)31(3)114-55)61-77(111)91-59(78(112)113)39-23-36(95)24-45(97)56(39)38-18-32(8-12-44(38)96)57(74(108)93-61)90-75(109)58(35)89-73(107)43(25-54(84)98)88-76(60)110;/h6-16,18-24,30-31,42-43,50-51,55,57-68,70-71,79-80,86-87,94-97,99-105H,17,25-29,85H2,1-5H3,(H2,84,98)(H,88,110)(H,89,107)(H,90,109)(H,91,111)(H,92,106)(H,93,108)(H,112,113);1H4/t31-,42+,43-,50+,51+,55?,57+,58+,59+,60+,61-,62+,63-,64-,65+,66+,67+,68+,70+,71-,79-,80-,81-;/m0./s1. The van der Waals surface area contributed by atoms with Crippen molar-refractivity contribution in [2.75, 3.05) is 20.2 Å². The summed E-state index contributed by atoms with van der Waals surface area (Å²) in [7, 11) is 1.46. The number of ether oxygens (including phenoxy) is 8. The zero-order valence-corrected chi connectivity index (χ0v) is 69.2. The van der Waals surface area contributed by atoms with Gasteiger partial charge in [-0.05, 0) is 134 Å². The van der Waals surface area contributed by atoms with Crippen LogP contribution in [0.2, 0.25) is 10.0 Å². The molecule has 0 radical (unpaired) electrons. The van der Waals surface area contributed by atoms with Crippen LogP contribution in [0.25, 0.3) is 20.9 Å². The Bertz CT molecular complexity index is 5130. The largest absolute Gasteiger partial charge is 0.508 e. The number of benzene rings is 5. The minimum Gasteiger partial charge on any atom is -0.508 e. The van der Waals surface area contributed by atoms with E-state index in [-0.39, 0.29) is 56.0 Å². The molecule has 124 heavy (non-hydrogen) atoms. The molecule has 24 N–H and O–H groups in total. The van der Waals surface area contributed by atoms with Gasteiger partial charge in [0.25, 0.3) is 0 Å². The fourth-order valence-corrected chi connectivity index (χ4v) is 17.6. The van der Waals surface area contributed by atoms with E-state index in [1.165, 1.54) is 44.4 Å². The first-order chi connectivity index (χ1) is 58.4. The Balaban J connectivity index is 0.0000140. The van der Waals surface area contributed by atoms with Crippen LogP contribution in [0.5, 0.6) is 46.0 Å². The summed E-state index contributed by atoms with van der Waals surface area (Å²) >= 11 is 17.6. The predicted molar refractivity (Wildman–Crippen MR) is 441 cm³/mol. The lowest BCUT2D eigenvalue weighted by Gasteiger charge is -2.46. The van der Waals surface area contributed by atoms with Crippen molar-refractivity contribution in [3.8, 4) is 66.9 Å². The van der Waals surface area contributed by atoms with Crippen molar-refractivity contribution in [2.24, 2.45) is 17.4 Å². The fraction of sp³-hybridized carbons (Fsp3) is 0.439. The summed E-state index contributed by atoms with van der Waals surface area (Å²) in [4.78, 5) is 123. The van der Waals surface area contributed by atoms with E-state index >= 15 is 24.0 Å². The van der Waals surface area contributed by atoms with Gasteiger partial charge >= 0.3 is 5.97 Å². The topological polar surface area (TPSA) is 601 Å². The van der Waals surface area contributed by atoms with Crippen molar-refractivity contribution in [1.29, 1.82) is 0 Å². The molecule has 1 unspecified atom stereocenters. The number of likely N-dealkylation sites (N-methyl/N-ethyl adjacent to an activating group) is 1. The smallest absolute Gasteiger partial charge is 0.330 e. The molecule has 5 aromatic carbocycles. The number of aliphatic carboxylic acids is 1. The molecule has 15 rings (SSSR count). The summed E-state index contributed by atoms with van der Waals surface area (Å²) < 4.78 is 51.2. The Kier molecular flexibility index (Phi) is 29.2. The second-order valence-corrected chi connectivity index (χ2v) is 34.1. The molecule has 3 fully saturated rings. The zero-order valence-electron chi connectivity index (χ0n) is 66.0. The van der Waals surface area contributed by atoms with Gasteiger partial charge in [0.2, 0.25) is 53.4 Å². The van der Waals surface area contributed by atoms with E-state index in [0.29, 0.717) is 0 Å². The van der Waals surface area contributed by atoms with Gasteiger partial charge < -0.3 is 153 Å². The van der Waals surface area contributed by atoms with Gasteiger partial charge in [0, 0.05) is 62.4 Å². The first-order valence-corrected chi connectivity index (χ1v) is 41.3. The number of rotatable bonds is 20. The monoisotopic (exact) mass is 1800 g/mol. The minimum absolute atomic E-state index is 0. The third-order valence-corrected chi connectivity index (χ3v) is 24.5. The highest BCUT2D eigenvalue weighted by Crippen LogP contribution is 2.51. The molecule has 38 nitrogen and oxygen atoms in total. The predicted octanol–water partition coefficient (Wildman–Crippen LogP) is 2.15. The third-order valence-electron chi connectivity index (χ3n) is 21.8. The Morgan fingerprint density at radius 1 is 0.677 bits per heavy atom. The van der Waals surface area contributed by atoms with Gasteiger partial charge in [-0.25, -0.2) is 4.79 Å².